The Hall–Kier alpha value is -1.37. The van der Waals surface area contributed by atoms with Crippen molar-refractivity contribution >= 4 is 17.8 Å². The van der Waals surface area contributed by atoms with Crippen molar-refractivity contribution in [3.05, 3.63) is 60.7 Å². The van der Waals surface area contributed by atoms with E-state index in [0.29, 0.717) is 0 Å². The van der Waals surface area contributed by atoms with Crippen LogP contribution in [0.3, 0.4) is 0 Å². The van der Waals surface area contributed by atoms with E-state index < -0.39 is 13.2 Å². The zero-order valence-corrected chi connectivity index (χ0v) is 13.7. The number of benzene rings is 2. The van der Waals surface area contributed by atoms with Crippen LogP contribution in [0.25, 0.3) is 0 Å². The molecule has 1 N–H and O–H groups in total. The third-order valence-electron chi connectivity index (χ3n) is 4.69. The quantitative estimate of drug-likeness (QED) is 0.693. The van der Waals surface area contributed by atoms with E-state index >= 15 is 0 Å². The first-order valence-electron chi connectivity index (χ1n) is 8.12. The molecule has 3 heteroatoms. The van der Waals surface area contributed by atoms with Crippen LogP contribution in [-0.2, 0) is 4.57 Å². The zero-order valence-electron chi connectivity index (χ0n) is 12.8. The molecule has 1 aliphatic rings. The van der Waals surface area contributed by atoms with E-state index in [9.17, 15) is 9.67 Å². The lowest BCUT2D eigenvalue weighted by atomic mass is 10.1. The van der Waals surface area contributed by atoms with Crippen LogP contribution >= 0.6 is 7.14 Å². The Morgan fingerprint density at radius 3 is 1.82 bits per heavy atom. The number of hydrogen-bond acceptors (Lipinski definition) is 2. The highest BCUT2D eigenvalue weighted by Crippen LogP contribution is 2.53. The number of aliphatic hydroxyl groups excluding tert-OH is 1. The average Bonchev–Trinajstić information content (AvgIpc) is 2.80. The Kier molecular flexibility index (Phi) is 4.81. The summed E-state index contributed by atoms with van der Waals surface area (Å²) in [6, 6.07) is 19.4. The first-order chi connectivity index (χ1) is 10.7. The van der Waals surface area contributed by atoms with E-state index in [1.54, 1.807) is 0 Å². The molecule has 2 aromatic carbocycles. The third kappa shape index (κ3) is 2.91. The van der Waals surface area contributed by atoms with Crippen LogP contribution in [0.4, 0.5) is 0 Å². The van der Waals surface area contributed by atoms with Gasteiger partial charge in [0.15, 0.2) is 0 Å². The average molecular weight is 314 g/mol. The lowest BCUT2D eigenvalue weighted by Crippen LogP contribution is -2.34. The molecule has 2 nitrogen and oxygen atoms in total. The maximum Gasteiger partial charge on any atom is 0.148 e. The summed E-state index contributed by atoms with van der Waals surface area (Å²) < 4.78 is 14.2. The van der Waals surface area contributed by atoms with E-state index in [0.717, 1.165) is 42.7 Å². The molecule has 3 rings (SSSR count). The molecule has 2 aromatic rings. The lowest BCUT2D eigenvalue weighted by molar-refractivity contribution is 0.160. The molecule has 0 radical (unpaired) electrons. The Morgan fingerprint density at radius 2 is 1.27 bits per heavy atom. The standard InChI is InChI=1S/C19H23O2P/c20-18-14-8-3-9-15-19(18)22(21,16-10-4-1-5-11-16)17-12-6-2-7-13-17/h1-2,4-7,10-13,18-20H,3,8-9,14-15H2/t18-,19+/m1/s1. The van der Waals surface area contributed by atoms with Crippen LogP contribution in [0.15, 0.2) is 60.7 Å². The van der Waals surface area contributed by atoms with Crippen LogP contribution in [0, 0.1) is 0 Å². The predicted molar refractivity (Wildman–Crippen MR) is 92.6 cm³/mol. The van der Waals surface area contributed by atoms with Crippen molar-refractivity contribution < 1.29 is 9.67 Å². The molecule has 0 spiro atoms. The second-order valence-corrected chi connectivity index (χ2v) is 9.11. The van der Waals surface area contributed by atoms with Gasteiger partial charge in [-0.2, -0.15) is 0 Å². The Morgan fingerprint density at radius 1 is 0.773 bits per heavy atom. The van der Waals surface area contributed by atoms with Gasteiger partial charge in [0.2, 0.25) is 0 Å². The zero-order chi connectivity index (χ0) is 15.4. The molecular weight excluding hydrogens is 291 g/mol. The third-order valence-corrected chi connectivity index (χ3v) is 8.36. The number of aliphatic hydroxyl groups is 1. The summed E-state index contributed by atoms with van der Waals surface area (Å²) in [5.74, 6) is 0. The minimum atomic E-state index is -2.83. The second kappa shape index (κ2) is 6.81. The van der Waals surface area contributed by atoms with E-state index in [2.05, 4.69) is 0 Å². The molecule has 0 aliphatic heterocycles. The molecule has 0 bridgehead atoms. The van der Waals surface area contributed by atoms with E-state index in [1.807, 2.05) is 60.7 Å². The Bertz CT molecular complexity index is 595. The van der Waals surface area contributed by atoms with E-state index in [1.165, 1.54) is 0 Å². The van der Waals surface area contributed by atoms with Crippen LogP contribution in [-0.4, -0.2) is 16.9 Å². The van der Waals surface area contributed by atoms with E-state index in [-0.39, 0.29) is 5.66 Å². The van der Waals surface area contributed by atoms with Gasteiger partial charge in [0.05, 0.1) is 6.10 Å². The molecule has 1 saturated carbocycles. The van der Waals surface area contributed by atoms with Gasteiger partial charge in [-0.25, -0.2) is 0 Å². The summed E-state index contributed by atoms with van der Waals surface area (Å²) in [5.41, 5.74) is -0.167. The minimum Gasteiger partial charge on any atom is -0.392 e. The highest BCUT2D eigenvalue weighted by atomic mass is 31.2. The monoisotopic (exact) mass is 314 g/mol. The summed E-state index contributed by atoms with van der Waals surface area (Å²) in [6.07, 6.45) is 4.31. The first kappa shape index (κ1) is 15.5. The molecule has 1 aliphatic carbocycles. The maximum absolute atomic E-state index is 14.2. The summed E-state index contributed by atoms with van der Waals surface area (Å²) >= 11 is 0. The molecule has 116 valence electrons. The van der Waals surface area contributed by atoms with Crippen molar-refractivity contribution in [2.24, 2.45) is 0 Å². The van der Waals surface area contributed by atoms with Crippen molar-refractivity contribution in [2.75, 3.05) is 0 Å². The van der Waals surface area contributed by atoms with Gasteiger partial charge in [-0.05, 0) is 12.8 Å². The van der Waals surface area contributed by atoms with Crippen molar-refractivity contribution in [1.29, 1.82) is 0 Å². The van der Waals surface area contributed by atoms with Crippen LogP contribution < -0.4 is 10.6 Å². The molecule has 1 fully saturated rings. The molecular formula is C19H23O2P. The van der Waals surface area contributed by atoms with Crippen molar-refractivity contribution in [1.82, 2.24) is 0 Å². The number of rotatable bonds is 3. The SMILES string of the molecule is O=P(c1ccccc1)(c1ccccc1)[C@H]1CCCCC[C@H]1O. The molecule has 0 unspecified atom stereocenters. The van der Waals surface area contributed by atoms with Crippen LogP contribution in [0.2, 0.25) is 0 Å². The van der Waals surface area contributed by atoms with Crippen molar-refractivity contribution in [2.45, 2.75) is 43.9 Å². The summed E-state index contributed by atoms with van der Waals surface area (Å²) in [4.78, 5) is 0. The molecule has 0 heterocycles. The topological polar surface area (TPSA) is 37.3 Å². The lowest BCUT2D eigenvalue weighted by Gasteiger charge is -2.31. The largest absolute Gasteiger partial charge is 0.392 e. The highest BCUT2D eigenvalue weighted by molar-refractivity contribution is 7.79. The molecule has 2 atom stereocenters. The highest BCUT2D eigenvalue weighted by Gasteiger charge is 2.40. The van der Waals surface area contributed by atoms with Gasteiger partial charge in [0.25, 0.3) is 0 Å². The van der Waals surface area contributed by atoms with Gasteiger partial charge in [-0.3, -0.25) is 0 Å². The van der Waals surface area contributed by atoms with Gasteiger partial charge < -0.3 is 9.67 Å². The van der Waals surface area contributed by atoms with E-state index in [4.69, 9.17) is 0 Å². The van der Waals surface area contributed by atoms with Crippen LogP contribution in [0.1, 0.15) is 32.1 Å². The van der Waals surface area contributed by atoms with Crippen molar-refractivity contribution in [3.8, 4) is 0 Å². The van der Waals surface area contributed by atoms with Gasteiger partial charge in [-0.1, -0.05) is 79.9 Å². The first-order valence-corrected chi connectivity index (χ1v) is 9.89. The fraction of sp³-hybridized carbons (Fsp3) is 0.368. The normalized spacial score (nSPS) is 23.0. The Labute approximate surface area is 132 Å². The predicted octanol–water partition coefficient (Wildman–Crippen LogP) is 3.69. The minimum absolute atomic E-state index is 0.167. The smallest absolute Gasteiger partial charge is 0.148 e. The summed E-state index contributed by atoms with van der Waals surface area (Å²) in [5, 5.41) is 12.4. The van der Waals surface area contributed by atoms with Crippen molar-refractivity contribution in [3.63, 3.8) is 0 Å². The van der Waals surface area contributed by atoms with Crippen LogP contribution in [0.5, 0.6) is 0 Å². The number of hydrogen-bond donors (Lipinski definition) is 1. The molecule has 22 heavy (non-hydrogen) atoms. The summed E-state index contributed by atoms with van der Waals surface area (Å²) in [7, 11) is -2.83. The molecule has 0 amide bonds. The van der Waals surface area contributed by atoms with Gasteiger partial charge >= 0.3 is 0 Å². The maximum atomic E-state index is 14.2. The Balaban J connectivity index is 2.13. The summed E-state index contributed by atoms with van der Waals surface area (Å²) in [6.45, 7) is 0. The fourth-order valence-corrected chi connectivity index (χ4v) is 7.00. The van der Waals surface area contributed by atoms with Gasteiger partial charge in [-0.15, -0.1) is 0 Å². The second-order valence-electron chi connectivity index (χ2n) is 6.10. The fourth-order valence-electron chi connectivity index (χ4n) is 3.52. The molecule has 0 aromatic heterocycles. The molecule has 0 saturated heterocycles. The van der Waals surface area contributed by atoms with Gasteiger partial charge in [0, 0.05) is 16.3 Å². The van der Waals surface area contributed by atoms with Gasteiger partial charge in [0.1, 0.15) is 7.14 Å².